The molecule has 0 aliphatic rings. The predicted molar refractivity (Wildman–Crippen MR) is 77.6 cm³/mol. The number of rotatable bonds is 3. The minimum Gasteiger partial charge on any atom is -0.497 e. The van der Waals surface area contributed by atoms with Crippen molar-refractivity contribution in [2.75, 3.05) is 7.11 Å². The second-order valence-corrected chi connectivity index (χ2v) is 5.07. The summed E-state index contributed by atoms with van der Waals surface area (Å²) < 4.78 is 5.21. The lowest BCUT2D eigenvalue weighted by Gasteiger charge is -2.28. The van der Waals surface area contributed by atoms with E-state index < -0.39 is 5.60 Å². The molecule has 0 spiro atoms. The Hall–Kier alpha value is -1.80. The normalized spacial score (nSPS) is 13.9. The molecule has 0 saturated carbocycles. The average molecular weight is 256 g/mol. The summed E-state index contributed by atoms with van der Waals surface area (Å²) in [5, 5.41) is 10.9. The van der Waals surface area contributed by atoms with Gasteiger partial charge in [0, 0.05) is 0 Å². The van der Waals surface area contributed by atoms with Crippen LogP contribution in [0.4, 0.5) is 0 Å². The summed E-state index contributed by atoms with van der Waals surface area (Å²) in [6.45, 7) is 5.84. The highest BCUT2D eigenvalue weighted by atomic mass is 16.5. The Bertz CT molecular complexity index is 586. The molecule has 0 aliphatic heterocycles. The molecule has 2 nitrogen and oxygen atoms in total. The molecule has 0 amide bonds. The number of hydrogen-bond acceptors (Lipinski definition) is 2. The van der Waals surface area contributed by atoms with Gasteiger partial charge in [0.15, 0.2) is 0 Å². The molecule has 1 unspecified atom stereocenters. The third-order valence-electron chi connectivity index (χ3n) is 3.63. The van der Waals surface area contributed by atoms with E-state index in [1.54, 1.807) is 7.11 Å². The highest BCUT2D eigenvalue weighted by Gasteiger charge is 2.28. The molecule has 2 heteroatoms. The fourth-order valence-corrected chi connectivity index (χ4v) is 2.57. The van der Waals surface area contributed by atoms with Crippen molar-refractivity contribution in [2.45, 2.75) is 26.4 Å². The summed E-state index contributed by atoms with van der Waals surface area (Å²) in [5.41, 5.74) is 2.95. The van der Waals surface area contributed by atoms with Crippen LogP contribution in [0, 0.1) is 13.8 Å². The van der Waals surface area contributed by atoms with Gasteiger partial charge in [-0.1, -0.05) is 30.3 Å². The summed E-state index contributed by atoms with van der Waals surface area (Å²) in [5.74, 6) is 0.807. The number of aliphatic hydroxyl groups is 1. The first kappa shape index (κ1) is 13.6. The fraction of sp³-hybridized carbons (Fsp3) is 0.294. The molecular formula is C17H20O2. The fourth-order valence-electron chi connectivity index (χ4n) is 2.57. The average Bonchev–Trinajstić information content (AvgIpc) is 2.38. The molecule has 0 aromatic heterocycles. The molecule has 0 aliphatic carbocycles. The van der Waals surface area contributed by atoms with Gasteiger partial charge in [-0.2, -0.15) is 0 Å². The zero-order chi connectivity index (χ0) is 14.0. The summed E-state index contributed by atoms with van der Waals surface area (Å²) >= 11 is 0. The topological polar surface area (TPSA) is 29.5 Å². The minimum atomic E-state index is -0.998. The summed E-state index contributed by atoms with van der Waals surface area (Å²) in [4.78, 5) is 0. The van der Waals surface area contributed by atoms with Gasteiger partial charge >= 0.3 is 0 Å². The van der Waals surface area contributed by atoms with E-state index in [1.807, 2.05) is 63.2 Å². The van der Waals surface area contributed by atoms with Crippen molar-refractivity contribution in [3.63, 3.8) is 0 Å². The van der Waals surface area contributed by atoms with E-state index >= 15 is 0 Å². The number of aryl methyl sites for hydroxylation is 2. The standard InChI is InChI=1S/C17H20O2/c1-12-7-5-6-8-15(12)17(3,18)16-10-9-14(19-4)11-13(16)2/h5-11,18H,1-4H3. The number of ether oxygens (including phenoxy) is 1. The maximum absolute atomic E-state index is 10.9. The van der Waals surface area contributed by atoms with Crippen LogP contribution in [-0.4, -0.2) is 12.2 Å². The molecule has 100 valence electrons. The Morgan fingerprint density at radius 3 is 2.16 bits per heavy atom. The van der Waals surface area contributed by atoms with Crippen molar-refractivity contribution in [3.05, 3.63) is 64.7 Å². The summed E-state index contributed by atoms with van der Waals surface area (Å²) in [6, 6.07) is 13.7. The van der Waals surface area contributed by atoms with Gasteiger partial charge in [-0.05, 0) is 55.2 Å². The monoisotopic (exact) mass is 256 g/mol. The minimum absolute atomic E-state index is 0.807. The van der Waals surface area contributed by atoms with Crippen LogP contribution in [0.2, 0.25) is 0 Å². The number of hydrogen-bond donors (Lipinski definition) is 1. The van der Waals surface area contributed by atoms with Crippen LogP contribution in [0.25, 0.3) is 0 Å². The van der Waals surface area contributed by atoms with Crippen molar-refractivity contribution in [1.29, 1.82) is 0 Å². The molecule has 1 N–H and O–H groups in total. The SMILES string of the molecule is COc1ccc(C(C)(O)c2ccccc2C)c(C)c1. The highest BCUT2D eigenvalue weighted by Crippen LogP contribution is 2.34. The number of benzene rings is 2. The van der Waals surface area contributed by atoms with Crippen LogP contribution in [0.15, 0.2) is 42.5 Å². The number of methoxy groups -OCH3 is 1. The second kappa shape index (κ2) is 5.06. The van der Waals surface area contributed by atoms with Crippen LogP contribution in [0.5, 0.6) is 5.75 Å². The van der Waals surface area contributed by atoms with Crippen LogP contribution < -0.4 is 4.74 Å². The third-order valence-corrected chi connectivity index (χ3v) is 3.63. The van der Waals surface area contributed by atoms with E-state index in [2.05, 4.69) is 0 Å². The molecule has 0 radical (unpaired) electrons. The van der Waals surface area contributed by atoms with Gasteiger partial charge in [-0.25, -0.2) is 0 Å². The van der Waals surface area contributed by atoms with Gasteiger partial charge in [0.2, 0.25) is 0 Å². The van der Waals surface area contributed by atoms with Crippen molar-refractivity contribution in [1.82, 2.24) is 0 Å². The van der Waals surface area contributed by atoms with E-state index in [0.717, 1.165) is 28.0 Å². The first-order valence-electron chi connectivity index (χ1n) is 6.40. The maximum atomic E-state index is 10.9. The lowest BCUT2D eigenvalue weighted by atomic mass is 9.83. The predicted octanol–water partition coefficient (Wildman–Crippen LogP) is 3.57. The Balaban J connectivity index is 2.53. The molecule has 2 rings (SSSR count). The van der Waals surface area contributed by atoms with Crippen molar-refractivity contribution >= 4 is 0 Å². The third kappa shape index (κ3) is 2.49. The zero-order valence-electron chi connectivity index (χ0n) is 11.9. The molecule has 1 atom stereocenters. The first-order chi connectivity index (χ1) is 8.96. The van der Waals surface area contributed by atoms with E-state index in [9.17, 15) is 5.11 Å². The molecule has 2 aromatic rings. The van der Waals surface area contributed by atoms with Crippen molar-refractivity contribution in [3.8, 4) is 5.75 Å². The molecule has 19 heavy (non-hydrogen) atoms. The highest BCUT2D eigenvalue weighted by molar-refractivity contribution is 5.45. The van der Waals surface area contributed by atoms with Crippen molar-refractivity contribution < 1.29 is 9.84 Å². The summed E-state index contributed by atoms with van der Waals surface area (Å²) in [6.07, 6.45) is 0. The Morgan fingerprint density at radius 2 is 1.58 bits per heavy atom. The Morgan fingerprint density at radius 1 is 0.947 bits per heavy atom. The molecule has 0 fully saturated rings. The molecular weight excluding hydrogens is 236 g/mol. The molecule has 2 aromatic carbocycles. The van der Waals surface area contributed by atoms with Gasteiger partial charge in [-0.15, -0.1) is 0 Å². The van der Waals surface area contributed by atoms with E-state index in [4.69, 9.17) is 4.74 Å². The Labute approximate surface area is 114 Å². The van der Waals surface area contributed by atoms with Gasteiger partial charge in [0.1, 0.15) is 11.4 Å². The van der Waals surface area contributed by atoms with E-state index in [-0.39, 0.29) is 0 Å². The van der Waals surface area contributed by atoms with Gasteiger partial charge in [0.05, 0.1) is 7.11 Å². The lowest BCUT2D eigenvalue weighted by molar-refractivity contribution is 0.101. The largest absolute Gasteiger partial charge is 0.497 e. The van der Waals surface area contributed by atoms with Crippen molar-refractivity contribution in [2.24, 2.45) is 0 Å². The van der Waals surface area contributed by atoms with E-state index in [0.29, 0.717) is 0 Å². The molecule has 0 heterocycles. The summed E-state index contributed by atoms with van der Waals surface area (Å²) in [7, 11) is 1.65. The van der Waals surface area contributed by atoms with Gasteiger partial charge in [0.25, 0.3) is 0 Å². The van der Waals surface area contributed by atoms with E-state index in [1.165, 1.54) is 0 Å². The second-order valence-electron chi connectivity index (χ2n) is 5.07. The first-order valence-corrected chi connectivity index (χ1v) is 6.40. The van der Waals surface area contributed by atoms with Crippen LogP contribution in [0.3, 0.4) is 0 Å². The molecule has 0 saturated heterocycles. The smallest absolute Gasteiger partial charge is 0.119 e. The Kier molecular flexibility index (Phi) is 3.63. The van der Waals surface area contributed by atoms with Crippen LogP contribution >= 0.6 is 0 Å². The lowest BCUT2D eigenvalue weighted by Crippen LogP contribution is -2.25. The van der Waals surface area contributed by atoms with Crippen LogP contribution in [-0.2, 0) is 5.60 Å². The maximum Gasteiger partial charge on any atom is 0.119 e. The molecule has 0 bridgehead atoms. The van der Waals surface area contributed by atoms with Crippen LogP contribution in [0.1, 0.15) is 29.2 Å². The zero-order valence-corrected chi connectivity index (χ0v) is 11.9. The quantitative estimate of drug-likeness (QED) is 0.909. The van der Waals surface area contributed by atoms with Gasteiger partial charge < -0.3 is 9.84 Å². The van der Waals surface area contributed by atoms with Gasteiger partial charge in [-0.3, -0.25) is 0 Å².